The third kappa shape index (κ3) is 4.07. The zero-order valence-corrected chi connectivity index (χ0v) is 12.7. The number of hydrogen-bond acceptors (Lipinski definition) is 3. The lowest BCUT2D eigenvalue weighted by molar-refractivity contribution is -0.137. The van der Waals surface area contributed by atoms with E-state index < -0.39 is 5.97 Å². The highest BCUT2D eigenvalue weighted by Crippen LogP contribution is 2.23. The minimum Gasteiger partial charge on any atom is -0.481 e. The molecular weight excluding hydrogens is 294 g/mol. The Kier molecular flexibility index (Phi) is 5.17. The fourth-order valence-corrected chi connectivity index (χ4v) is 3.06. The van der Waals surface area contributed by atoms with Gasteiger partial charge in [-0.3, -0.25) is 4.79 Å². The second-order valence-electron chi connectivity index (χ2n) is 4.62. The van der Waals surface area contributed by atoms with Crippen molar-refractivity contribution in [2.45, 2.75) is 25.9 Å². The molecule has 0 amide bonds. The first kappa shape index (κ1) is 15.0. The minimum atomic E-state index is -0.802. The Labute approximate surface area is 127 Å². The van der Waals surface area contributed by atoms with Crippen LogP contribution in [0.1, 0.15) is 28.5 Å². The highest BCUT2D eigenvalue weighted by molar-refractivity contribution is 7.10. The maximum atomic E-state index is 11.0. The SMILES string of the molecule is Cc1cc(Cl)ccc1CNC(CC(=O)O)c1cccs1. The lowest BCUT2D eigenvalue weighted by Gasteiger charge is -2.16. The third-order valence-corrected chi connectivity index (χ3v) is 4.33. The molecule has 1 unspecified atom stereocenters. The standard InChI is InChI=1S/C15H16ClNO2S/c1-10-7-12(16)5-4-11(10)9-17-13(8-15(18)19)14-3-2-6-20-14/h2-7,13,17H,8-9H2,1H3,(H,18,19). The van der Waals surface area contributed by atoms with Crippen LogP contribution in [-0.2, 0) is 11.3 Å². The quantitative estimate of drug-likeness (QED) is 0.847. The topological polar surface area (TPSA) is 49.3 Å². The van der Waals surface area contributed by atoms with Gasteiger partial charge in [-0.1, -0.05) is 23.7 Å². The number of benzene rings is 1. The summed E-state index contributed by atoms with van der Waals surface area (Å²) >= 11 is 7.50. The Hall–Kier alpha value is -1.36. The Morgan fingerprint density at radius 1 is 1.45 bits per heavy atom. The van der Waals surface area contributed by atoms with Gasteiger partial charge < -0.3 is 10.4 Å². The van der Waals surface area contributed by atoms with Crippen LogP contribution in [0.2, 0.25) is 5.02 Å². The highest BCUT2D eigenvalue weighted by Gasteiger charge is 2.16. The molecule has 0 saturated carbocycles. The maximum absolute atomic E-state index is 11.0. The number of hydrogen-bond donors (Lipinski definition) is 2. The van der Waals surface area contributed by atoms with E-state index >= 15 is 0 Å². The van der Waals surface area contributed by atoms with Gasteiger partial charge in [0, 0.05) is 16.4 Å². The number of aryl methyl sites for hydroxylation is 1. The smallest absolute Gasteiger partial charge is 0.305 e. The summed E-state index contributed by atoms with van der Waals surface area (Å²) in [5.41, 5.74) is 2.23. The van der Waals surface area contributed by atoms with Crippen LogP contribution in [0, 0.1) is 6.92 Å². The van der Waals surface area contributed by atoms with Gasteiger partial charge in [-0.15, -0.1) is 11.3 Å². The van der Waals surface area contributed by atoms with Crippen molar-refractivity contribution >= 4 is 28.9 Å². The zero-order valence-electron chi connectivity index (χ0n) is 11.1. The van der Waals surface area contributed by atoms with E-state index in [0.717, 1.165) is 16.0 Å². The number of halogens is 1. The molecule has 0 saturated heterocycles. The first-order valence-electron chi connectivity index (χ1n) is 6.30. The molecule has 2 rings (SSSR count). The van der Waals surface area contributed by atoms with Crippen LogP contribution in [0.3, 0.4) is 0 Å². The summed E-state index contributed by atoms with van der Waals surface area (Å²) in [6.07, 6.45) is 0.0765. The van der Waals surface area contributed by atoms with E-state index in [1.165, 1.54) is 0 Å². The molecule has 0 spiro atoms. The van der Waals surface area contributed by atoms with Crippen LogP contribution in [0.4, 0.5) is 0 Å². The van der Waals surface area contributed by atoms with Crippen molar-refractivity contribution in [2.24, 2.45) is 0 Å². The van der Waals surface area contributed by atoms with Crippen molar-refractivity contribution in [3.05, 3.63) is 56.7 Å². The summed E-state index contributed by atoms with van der Waals surface area (Å²) in [5.74, 6) is -0.802. The van der Waals surface area contributed by atoms with Crippen LogP contribution < -0.4 is 5.32 Å². The number of carboxylic acids is 1. The number of carboxylic acid groups (broad SMARTS) is 1. The Bertz CT molecular complexity index is 584. The van der Waals surface area contributed by atoms with Gasteiger partial charge in [-0.25, -0.2) is 0 Å². The molecule has 1 atom stereocenters. The monoisotopic (exact) mass is 309 g/mol. The second-order valence-corrected chi connectivity index (χ2v) is 6.03. The molecular formula is C15H16ClNO2S. The molecule has 0 aliphatic carbocycles. The number of nitrogens with one attached hydrogen (secondary N) is 1. The normalized spacial score (nSPS) is 12.3. The maximum Gasteiger partial charge on any atom is 0.305 e. The first-order chi connectivity index (χ1) is 9.56. The van der Waals surface area contributed by atoms with Gasteiger partial charge in [0.15, 0.2) is 0 Å². The van der Waals surface area contributed by atoms with Gasteiger partial charge in [-0.2, -0.15) is 0 Å². The van der Waals surface area contributed by atoms with E-state index in [4.69, 9.17) is 16.7 Å². The second kappa shape index (κ2) is 6.88. The predicted molar refractivity (Wildman–Crippen MR) is 82.3 cm³/mol. The number of aliphatic carboxylic acids is 1. The summed E-state index contributed by atoms with van der Waals surface area (Å²) in [7, 11) is 0. The first-order valence-corrected chi connectivity index (χ1v) is 7.55. The molecule has 20 heavy (non-hydrogen) atoms. The lowest BCUT2D eigenvalue weighted by Crippen LogP contribution is -2.23. The van der Waals surface area contributed by atoms with Crippen LogP contribution in [0.15, 0.2) is 35.7 Å². The van der Waals surface area contributed by atoms with Crippen molar-refractivity contribution in [3.8, 4) is 0 Å². The van der Waals surface area contributed by atoms with Crippen molar-refractivity contribution in [1.82, 2.24) is 5.32 Å². The van der Waals surface area contributed by atoms with E-state index in [1.807, 2.05) is 42.6 Å². The number of thiophene rings is 1. The average Bonchev–Trinajstić information content (AvgIpc) is 2.89. The summed E-state index contributed by atoms with van der Waals surface area (Å²) in [4.78, 5) is 12.0. The molecule has 1 aromatic carbocycles. The molecule has 0 radical (unpaired) electrons. The van der Waals surface area contributed by atoms with Crippen LogP contribution >= 0.6 is 22.9 Å². The molecule has 5 heteroatoms. The predicted octanol–water partition coefficient (Wildman–Crippen LogP) is 4.02. The van der Waals surface area contributed by atoms with Gasteiger partial charge in [0.2, 0.25) is 0 Å². The van der Waals surface area contributed by atoms with Gasteiger partial charge in [0.05, 0.1) is 12.5 Å². The molecule has 1 heterocycles. The van der Waals surface area contributed by atoms with Gasteiger partial charge in [0.25, 0.3) is 0 Å². The fraction of sp³-hybridized carbons (Fsp3) is 0.267. The molecule has 2 N–H and O–H groups in total. The summed E-state index contributed by atoms with van der Waals surface area (Å²) in [6.45, 7) is 2.62. The van der Waals surface area contributed by atoms with Gasteiger partial charge >= 0.3 is 5.97 Å². The van der Waals surface area contributed by atoms with E-state index in [-0.39, 0.29) is 12.5 Å². The molecule has 1 aromatic heterocycles. The van der Waals surface area contributed by atoms with Crippen LogP contribution in [0.5, 0.6) is 0 Å². The van der Waals surface area contributed by atoms with Crippen molar-refractivity contribution in [3.63, 3.8) is 0 Å². The molecule has 0 aliphatic rings. The van der Waals surface area contributed by atoms with Crippen molar-refractivity contribution in [1.29, 1.82) is 0 Å². The van der Waals surface area contributed by atoms with Gasteiger partial charge in [0.1, 0.15) is 0 Å². The lowest BCUT2D eigenvalue weighted by atomic mass is 10.1. The Morgan fingerprint density at radius 3 is 2.85 bits per heavy atom. The number of rotatable bonds is 6. The van der Waals surface area contributed by atoms with Crippen molar-refractivity contribution < 1.29 is 9.90 Å². The minimum absolute atomic E-state index is 0.0765. The van der Waals surface area contributed by atoms with Gasteiger partial charge in [-0.05, 0) is 41.6 Å². The fourth-order valence-electron chi connectivity index (χ4n) is 2.03. The highest BCUT2D eigenvalue weighted by atomic mass is 35.5. The molecule has 0 fully saturated rings. The van der Waals surface area contributed by atoms with Crippen LogP contribution in [-0.4, -0.2) is 11.1 Å². The third-order valence-electron chi connectivity index (χ3n) is 3.11. The van der Waals surface area contributed by atoms with E-state index in [0.29, 0.717) is 11.6 Å². The molecule has 2 aromatic rings. The van der Waals surface area contributed by atoms with E-state index in [9.17, 15) is 4.79 Å². The average molecular weight is 310 g/mol. The van der Waals surface area contributed by atoms with Crippen LogP contribution in [0.25, 0.3) is 0 Å². The summed E-state index contributed by atoms with van der Waals surface area (Å²) < 4.78 is 0. The molecule has 0 bridgehead atoms. The van der Waals surface area contributed by atoms with E-state index in [2.05, 4.69) is 5.32 Å². The van der Waals surface area contributed by atoms with E-state index in [1.54, 1.807) is 11.3 Å². The summed E-state index contributed by atoms with van der Waals surface area (Å²) in [5, 5.41) is 15.0. The molecule has 0 aliphatic heterocycles. The zero-order chi connectivity index (χ0) is 14.5. The summed E-state index contributed by atoms with van der Waals surface area (Å²) in [6, 6.07) is 9.46. The Balaban J connectivity index is 2.07. The molecule has 106 valence electrons. The largest absolute Gasteiger partial charge is 0.481 e. The number of carbonyl (C=O) groups is 1. The Morgan fingerprint density at radius 2 is 2.25 bits per heavy atom. The molecule has 3 nitrogen and oxygen atoms in total. The van der Waals surface area contributed by atoms with Crippen molar-refractivity contribution in [2.75, 3.05) is 0 Å².